The average molecular weight is 352 g/mol. The quantitative estimate of drug-likeness (QED) is 0.876. The number of ether oxygens (including phenoxy) is 1. The predicted octanol–water partition coefficient (Wildman–Crippen LogP) is 4.59. The molecular formula is C15H12BrClN2O. The van der Waals surface area contributed by atoms with Crippen LogP contribution in [0.5, 0.6) is 5.75 Å². The van der Waals surface area contributed by atoms with E-state index in [0.29, 0.717) is 22.9 Å². The van der Waals surface area contributed by atoms with Crippen molar-refractivity contribution in [1.82, 2.24) is 0 Å². The predicted molar refractivity (Wildman–Crippen MR) is 84.2 cm³/mol. The summed E-state index contributed by atoms with van der Waals surface area (Å²) in [6.45, 7) is 0.618. The molecular weight excluding hydrogens is 340 g/mol. The van der Waals surface area contributed by atoms with Crippen LogP contribution in [0.4, 0.5) is 5.69 Å². The minimum Gasteiger partial charge on any atom is -0.495 e. The van der Waals surface area contributed by atoms with Gasteiger partial charge in [0.05, 0.1) is 17.7 Å². The van der Waals surface area contributed by atoms with E-state index in [9.17, 15) is 0 Å². The lowest BCUT2D eigenvalue weighted by atomic mass is 10.1. The molecule has 0 aliphatic heterocycles. The number of nitrogens with one attached hydrogen (secondary N) is 1. The molecule has 5 heteroatoms. The van der Waals surface area contributed by atoms with E-state index in [4.69, 9.17) is 21.6 Å². The van der Waals surface area contributed by atoms with E-state index >= 15 is 0 Å². The van der Waals surface area contributed by atoms with E-state index in [1.165, 1.54) is 0 Å². The average Bonchev–Trinajstić information content (AvgIpc) is 2.48. The van der Waals surface area contributed by atoms with E-state index in [0.717, 1.165) is 15.7 Å². The molecule has 0 fully saturated rings. The number of methoxy groups -OCH3 is 1. The third-order valence-electron chi connectivity index (χ3n) is 2.80. The van der Waals surface area contributed by atoms with Gasteiger partial charge in [-0.2, -0.15) is 5.26 Å². The van der Waals surface area contributed by atoms with Crippen molar-refractivity contribution in [3.8, 4) is 11.8 Å². The molecule has 1 N–H and O–H groups in total. The number of anilines is 1. The van der Waals surface area contributed by atoms with Gasteiger partial charge in [-0.25, -0.2) is 0 Å². The molecule has 0 heterocycles. The van der Waals surface area contributed by atoms with Crippen LogP contribution in [0.15, 0.2) is 40.9 Å². The zero-order valence-corrected chi connectivity index (χ0v) is 13.1. The first-order valence-electron chi connectivity index (χ1n) is 5.90. The minimum atomic E-state index is 0.532. The van der Waals surface area contributed by atoms with E-state index in [-0.39, 0.29) is 0 Å². The fraction of sp³-hybridized carbons (Fsp3) is 0.133. The van der Waals surface area contributed by atoms with Crippen LogP contribution in [0.25, 0.3) is 0 Å². The van der Waals surface area contributed by atoms with Crippen LogP contribution < -0.4 is 10.1 Å². The van der Waals surface area contributed by atoms with E-state index in [2.05, 4.69) is 27.3 Å². The molecule has 0 radical (unpaired) electrons. The maximum atomic E-state index is 9.05. The highest BCUT2D eigenvalue weighted by atomic mass is 79.9. The van der Waals surface area contributed by atoms with Crippen molar-refractivity contribution >= 4 is 33.2 Å². The van der Waals surface area contributed by atoms with Crippen molar-refractivity contribution in [3.05, 3.63) is 57.0 Å². The van der Waals surface area contributed by atoms with E-state index < -0.39 is 0 Å². The second-order valence-electron chi connectivity index (χ2n) is 4.13. The summed E-state index contributed by atoms with van der Waals surface area (Å²) in [6.07, 6.45) is 0. The molecule has 0 spiro atoms. The van der Waals surface area contributed by atoms with Crippen LogP contribution in [0, 0.1) is 11.3 Å². The molecule has 20 heavy (non-hydrogen) atoms. The van der Waals surface area contributed by atoms with Gasteiger partial charge >= 0.3 is 0 Å². The Hall–Kier alpha value is -1.70. The first-order valence-corrected chi connectivity index (χ1v) is 7.07. The van der Waals surface area contributed by atoms with E-state index in [1.807, 2.05) is 30.3 Å². The first kappa shape index (κ1) is 14.7. The molecule has 0 unspecified atom stereocenters. The molecule has 0 saturated heterocycles. The molecule has 3 nitrogen and oxygen atoms in total. The lowest BCUT2D eigenvalue weighted by Gasteiger charge is -2.09. The van der Waals surface area contributed by atoms with Gasteiger partial charge in [-0.1, -0.05) is 17.7 Å². The highest BCUT2D eigenvalue weighted by Crippen LogP contribution is 2.26. The SMILES string of the molecule is COc1ccc(CNc2ccc(Cl)c(Br)c2)cc1C#N. The second kappa shape index (κ2) is 6.65. The smallest absolute Gasteiger partial charge is 0.136 e. The number of nitriles is 1. The number of hydrogen-bond acceptors (Lipinski definition) is 3. The Morgan fingerprint density at radius 3 is 2.75 bits per heavy atom. The van der Waals surface area contributed by atoms with Gasteiger partial charge < -0.3 is 10.1 Å². The molecule has 2 aromatic carbocycles. The van der Waals surface area contributed by atoms with Gasteiger partial charge in [-0.15, -0.1) is 0 Å². The fourth-order valence-corrected chi connectivity index (χ4v) is 2.26. The zero-order chi connectivity index (χ0) is 14.5. The lowest BCUT2D eigenvalue weighted by Crippen LogP contribution is -2.00. The van der Waals surface area contributed by atoms with Crippen LogP contribution in [-0.2, 0) is 6.54 Å². The van der Waals surface area contributed by atoms with Crippen LogP contribution in [-0.4, -0.2) is 7.11 Å². The molecule has 0 aromatic heterocycles. The first-order chi connectivity index (χ1) is 9.63. The topological polar surface area (TPSA) is 45.0 Å². The minimum absolute atomic E-state index is 0.532. The highest BCUT2D eigenvalue weighted by Gasteiger charge is 2.04. The molecule has 0 atom stereocenters. The number of halogens is 2. The molecule has 2 aromatic rings. The molecule has 0 aliphatic carbocycles. The van der Waals surface area contributed by atoms with Gasteiger partial charge in [0.25, 0.3) is 0 Å². The molecule has 2 rings (SSSR count). The van der Waals surface area contributed by atoms with Crippen LogP contribution in [0.1, 0.15) is 11.1 Å². The summed E-state index contributed by atoms with van der Waals surface area (Å²) in [5, 5.41) is 13.0. The molecule has 0 aliphatic rings. The summed E-state index contributed by atoms with van der Waals surface area (Å²) in [6, 6.07) is 13.3. The van der Waals surface area contributed by atoms with Crippen LogP contribution in [0.2, 0.25) is 5.02 Å². The van der Waals surface area contributed by atoms with Crippen molar-refractivity contribution < 1.29 is 4.74 Å². The molecule has 0 bridgehead atoms. The number of rotatable bonds is 4. The molecule has 102 valence electrons. The monoisotopic (exact) mass is 350 g/mol. The molecule has 0 saturated carbocycles. The Labute approximate surface area is 131 Å². The summed E-state index contributed by atoms with van der Waals surface area (Å²) in [4.78, 5) is 0. The van der Waals surface area contributed by atoms with Crippen molar-refractivity contribution in [3.63, 3.8) is 0 Å². The highest BCUT2D eigenvalue weighted by molar-refractivity contribution is 9.10. The van der Waals surface area contributed by atoms with Crippen LogP contribution >= 0.6 is 27.5 Å². The standard InChI is InChI=1S/C15H12BrClN2O/c1-20-15-5-2-10(6-11(15)8-18)9-19-12-3-4-14(17)13(16)7-12/h2-7,19H,9H2,1H3. The van der Waals surface area contributed by atoms with Gasteiger partial charge in [0, 0.05) is 16.7 Å². The van der Waals surface area contributed by atoms with E-state index in [1.54, 1.807) is 13.2 Å². The summed E-state index contributed by atoms with van der Waals surface area (Å²) < 4.78 is 5.96. The number of nitrogens with zero attached hydrogens (tertiary/aromatic N) is 1. The lowest BCUT2D eigenvalue weighted by molar-refractivity contribution is 0.413. The van der Waals surface area contributed by atoms with Gasteiger partial charge in [0.1, 0.15) is 11.8 Å². The summed E-state index contributed by atoms with van der Waals surface area (Å²) >= 11 is 9.33. The fourth-order valence-electron chi connectivity index (χ4n) is 1.76. The van der Waals surface area contributed by atoms with Gasteiger partial charge in [-0.05, 0) is 51.8 Å². The summed E-state index contributed by atoms with van der Waals surface area (Å²) in [5.74, 6) is 0.588. The van der Waals surface area contributed by atoms with Crippen molar-refractivity contribution in [2.75, 3.05) is 12.4 Å². The van der Waals surface area contributed by atoms with Crippen molar-refractivity contribution in [2.45, 2.75) is 6.54 Å². The summed E-state index contributed by atoms with van der Waals surface area (Å²) in [7, 11) is 1.55. The third kappa shape index (κ3) is 3.44. The summed E-state index contributed by atoms with van der Waals surface area (Å²) in [5.41, 5.74) is 2.49. The number of benzene rings is 2. The third-order valence-corrected chi connectivity index (χ3v) is 4.01. The Kier molecular flexibility index (Phi) is 4.89. The van der Waals surface area contributed by atoms with Crippen LogP contribution in [0.3, 0.4) is 0 Å². The Morgan fingerprint density at radius 1 is 1.30 bits per heavy atom. The Bertz CT molecular complexity index is 667. The van der Waals surface area contributed by atoms with Gasteiger partial charge in [0.15, 0.2) is 0 Å². The zero-order valence-electron chi connectivity index (χ0n) is 10.8. The second-order valence-corrected chi connectivity index (χ2v) is 5.39. The number of hydrogen-bond donors (Lipinski definition) is 1. The Balaban J connectivity index is 2.11. The largest absolute Gasteiger partial charge is 0.495 e. The normalized spacial score (nSPS) is 9.90. The Morgan fingerprint density at radius 2 is 2.10 bits per heavy atom. The van der Waals surface area contributed by atoms with Crippen molar-refractivity contribution in [1.29, 1.82) is 5.26 Å². The van der Waals surface area contributed by atoms with Gasteiger partial charge in [-0.3, -0.25) is 0 Å². The molecule has 0 amide bonds. The maximum Gasteiger partial charge on any atom is 0.136 e. The maximum absolute atomic E-state index is 9.05. The van der Waals surface area contributed by atoms with Gasteiger partial charge in [0.2, 0.25) is 0 Å². The van der Waals surface area contributed by atoms with Crippen molar-refractivity contribution in [2.24, 2.45) is 0 Å².